The highest BCUT2D eigenvalue weighted by atomic mass is 32.1. The number of hydrogen-bond acceptors (Lipinski definition) is 5. The van der Waals surface area contributed by atoms with Crippen LogP contribution in [0.15, 0.2) is 42.6 Å². The van der Waals surface area contributed by atoms with Gasteiger partial charge in [0.05, 0.1) is 6.20 Å². The fourth-order valence-corrected chi connectivity index (χ4v) is 3.40. The summed E-state index contributed by atoms with van der Waals surface area (Å²) in [6.07, 6.45) is 3.58. The van der Waals surface area contributed by atoms with Gasteiger partial charge in [-0.05, 0) is 43.5 Å². The maximum absolute atomic E-state index is 12.5. The lowest BCUT2D eigenvalue weighted by Crippen LogP contribution is -2.12. The van der Waals surface area contributed by atoms with Crippen LogP contribution in [0.5, 0.6) is 0 Å². The first-order valence-electron chi connectivity index (χ1n) is 8.63. The third kappa shape index (κ3) is 4.26. The second kappa shape index (κ2) is 8.10. The molecule has 26 heavy (non-hydrogen) atoms. The number of carbonyl (C=O) groups is 1. The number of anilines is 3. The molecule has 0 saturated heterocycles. The van der Waals surface area contributed by atoms with Gasteiger partial charge < -0.3 is 10.6 Å². The molecule has 0 aliphatic carbocycles. The van der Waals surface area contributed by atoms with Gasteiger partial charge in [0.15, 0.2) is 5.13 Å². The molecule has 2 heterocycles. The molecular weight excluding hydrogens is 344 g/mol. The van der Waals surface area contributed by atoms with Crippen LogP contribution >= 0.6 is 11.3 Å². The van der Waals surface area contributed by atoms with Crippen molar-refractivity contribution in [3.05, 3.63) is 64.3 Å². The van der Waals surface area contributed by atoms with Gasteiger partial charge in [-0.25, -0.2) is 9.97 Å². The van der Waals surface area contributed by atoms with Gasteiger partial charge in [-0.1, -0.05) is 48.9 Å². The minimum Gasteiger partial charge on any atom is -0.321 e. The molecule has 0 unspecified atom stereocenters. The van der Waals surface area contributed by atoms with E-state index in [2.05, 4.69) is 27.5 Å². The van der Waals surface area contributed by atoms with Crippen LogP contribution in [0.3, 0.4) is 0 Å². The number of nitrogens with one attached hydrogen (secondary N) is 2. The van der Waals surface area contributed by atoms with Crippen molar-refractivity contribution in [3.8, 4) is 0 Å². The number of para-hydroxylation sites is 1. The van der Waals surface area contributed by atoms with Crippen molar-refractivity contribution in [3.63, 3.8) is 0 Å². The number of carbonyl (C=O) groups excluding carboxylic acids is 1. The van der Waals surface area contributed by atoms with Crippen molar-refractivity contribution in [2.45, 2.75) is 33.6 Å². The molecule has 0 bridgehead atoms. The Balaban J connectivity index is 1.71. The Morgan fingerprint density at radius 1 is 1.12 bits per heavy atom. The minimum absolute atomic E-state index is 0.152. The molecular formula is C20H22N4OS. The van der Waals surface area contributed by atoms with Crippen LogP contribution in [-0.4, -0.2) is 15.9 Å². The Morgan fingerprint density at radius 2 is 1.85 bits per heavy atom. The highest BCUT2D eigenvalue weighted by Gasteiger charge is 2.13. The molecule has 3 aromatic rings. The van der Waals surface area contributed by atoms with E-state index in [1.807, 2.05) is 50.2 Å². The Hall–Kier alpha value is -2.73. The Labute approximate surface area is 157 Å². The van der Waals surface area contributed by atoms with E-state index in [0.29, 0.717) is 10.0 Å². The first-order valence-corrected chi connectivity index (χ1v) is 9.45. The Bertz CT molecular complexity index is 899. The molecule has 1 amide bonds. The molecule has 0 radical (unpaired) electrons. The summed E-state index contributed by atoms with van der Waals surface area (Å²) in [5.41, 5.74) is 3.98. The standard InChI is InChI=1S/C20H22N4OS/c1-4-7-15-10-6-11-17(22-15)23-20-21-12-16(26-20)19(25)24-18-13(2)8-5-9-14(18)3/h5-6,8-12H,4,7H2,1-3H3,(H,24,25)(H,21,22,23). The minimum atomic E-state index is -0.152. The lowest BCUT2D eigenvalue weighted by molar-refractivity contribution is 0.103. The van der Waals surface area contributed by atoms with Gasteiger partial charge in [-0.3, -0.25) is 4.79 Å². The fourth-order valence-electron chi connectivity index (χ4n) is 2.68. The van der Waals surface area contributed by atoms with Crippen molar-refractivity contribution in [1.82, 2.24) is 9.97 Å². The number of amides is 1. The lowest BCUT2D eigenvalue weighted by atomic mass is 10.1. The van der Waals surface area contributed by atoms with Crippen molar-refractivity contribution < 1.29 is 4.79 Å². The number of pyridine rings is 1. The number of aryl methyl sites for hydroxylation is 3. The first-order chi connectivity index (χ1) is 12.6. The van der Waals surface area contributed by atoms with Crippen molar-refractivity contribution in [2.24, 2.45) is 0 Å². The summed E-state index contributed by atoms with van der Waals surface area (Å²) in [5, 5.41) is 6.82. The predicted octanol–water partition coefficient (Wildman–Crippen LogP) is 5.10. The normalized spacial score (nSPS) is 10.6. The van der Waals surface area contributed by atoms with Gasteiger partial charge >= 0.3 is 0 Å². The van der Waals surface area contributed by atoms with E-state index in [1.165, 1.54) is 11.3 Å². The number of rotatable bonds is 6. The van der Waals surface area contributed by atoms with Gasteiger partial charge in [-0.2, -0.15) is 0 Å². The van der Waals surface area contributed by atoms with Crippen LogP contribution in [-0.2, 0) is 6.42 Å². The molecule has 5 nitrogen and oxygen atoms in total. The molecule has 2 N–H and O–H groups in total. The van der Waals surface area contributed by atoms with Crippen molar-refractivity contribution in [2.75, 3.05) is 10.6 Å². The van der Waals surface area contributed by atoms with Gasteiger partial charge in [-0.15, -0.1) is 0 Å². The second-order valence-electron chi connectivity index (χ2n) is 6.14. The zero-order chi connectivity index (χ0) is 18.5. The van der Waals surface area contributed by atoms with E-state index >= 15 is 0 Å². The highest BCUT2D eigenvalue weighted by molar-refractivity contribution is 7.17. The van der Waals surface area contributed by atoms with E-state index in [9.17, 15) is 4.79 Å². The van der Waals surface area contributed by atoms with Crippen LogP contribution in [0.4, 0.5) is 16.6 Å². The molecule has 0 aliphatic rings. The summed E-state index contributed by atoms with van der Waals surface area (Å²) in [6, 6.07) is 11.8. The van der Waals surface area contributed by atoms with Crippen molar-refractivity contribution >= 4 is 33.9 Å². The van der Waals surface area contributed by atoms with E-state index in [1.54, 1.807) is 6.20 Å². The van der Waals surface area contributed by atoms with Crippen molar-refractivity contribution in [1.29, 1.82) is 0 Å². The zero-order valence-corrected chi connectivity index (χ0v) is 16.0. The average molecular weight is 366 g/mol. The topological polar surface area (TPSA) is 66.9 Å². The summed E-state index contributed by atoms with van der Waals surface area (Å²) in [7, 11) is 0. The zero-order valence-electron chi connectivity index (χ0n) is 15.2. The highest BCUT2D eigenvalue weighted by Crippen LogP contribution is 2.25. The molecule has 0 spiro atoms. The number of benzene rings is 1. The van der Waals surface area contributed by atoms with Gasteiger partial charge in [0.2, 0.25) is 0 Å². The maximum atomic E-state index is 12.5. The van der Waals surface area contributed by atoms with Gasteiger partial charge in [0.1, 0.15) is 10.7 Å². The number of nitrogens with zero attached hydrogens (tertiary/aromatic N) is 2. The van der Waals surface area contributed by atoms with E-state index < -0.39 is 0 Å². The van der Waals surface area contributed by atoms with Crippen LogP contribution < -0.4 is 10.6 Å². The van der Waals surface area contributed by atoms with E-state index in [0.717, 1.165) is 41.2 Å². The maximum Gasteiger partial charge on any atom is 0.267 e. The summed E-state index contributed by atoms with van der Waals surface area (Å²) in [4.78, 5) is 22.0. The molecule has 2 aromatic heterocycles. The average Bonchev–Trinajstić information content (AvgIpc) is 3.07. The summed E-state index contributed by atoms with van der Waals surface area (Å²) >= 11 is 1.31. The fraction of sp³-hybridized carbons (Fsp3) is 0.250. The molecule has 0 saturated carbocycles. The molecule has 0 atom stereocenters. The van der Waals surface area contributed by atoms with Crippen LogP contribution in [0.25, 0.3) is 0 Å². The number of hydrogen-bond donors (Lipinski definition) is 2. The summed E-state index contributed by atoms with van der Waals surface area (Å²) in [5.74, 6) is 0.590. The SMILES string of the molecule is CCCc1cccc(Nc2ncc(C(=O)Nc3c(C)cccc3C)s2)n1. The Morgan fingerprint density at radius 3 is 2.58 bits per heavy atom. The number of aromatic nitrogens is 2. The predicted molar refractivity (Wildman–Crippen MR) is 107 cm³/mol. The monoisotopic (exact) mass is 366 g/mol. The molecule has 1 aromatic carbocycles. The van der Waals surface area contributed by atoms with Gasteiger partial charge in [0.25, 0.3) is 5.91 Å². The first kappa shape index (κ1) is 18.1. The summed E-state index contributed by atoms with van der Waals surface area (Å²) < 4.78 is 0. The van der Waals surface area contributed by atoms with Crippen LogP contribution in [0.2, 0.25) is 0 Å². The third-order valence-corrected chi connectivity index (χ3v) is 4.91. The molecule has 134 valence electrons. The second-order valence-corrected chi connectivity index (χ2v) is 7.17. The van der Waals surface area contributed by atoms with Crippen LogP contribution in [0, 0.1) is 13.8 Å². The molecule has 0 aliphatic heterocycles. The third-order valence-electron chi connectivity index (χ3n) is 4.00. The molecule has 0 fully saturated rings. The molecule has 6 heteroatoms. The molecule has 3 rings (SSSR count). The van der Waals surface area contributed by atoms with E-state index in [-0.39, 0.29) is 5.91 Å². The van der Waals surface area contributed by atoms with E-state index in [4.69, 9.17) is 0 Å². The summed E-state index contributed by atoms with van der Waals surface area (Å²) in [6.45, 7) is 6.10. The largest absolute Gasteiger partial charge is 0.321 e. The lowest BCUT2D eigenvalue weighted by Gasteiger charge is -2.10. The quantitative estimate of drug-likeness (QED) is 0.637. The smallest absolute Gasteiger partial charge is 0.267 e. The number of thiazole rings is 1. The van der Waals surface area contributed by atoms with Gasteiger partial charge in [0, 0.05) is 11.4 Å². The van der Waals surface area contributed by atoms with Crippen LogP contribution in [0.1, 0.15) is 39.8 Å². The Kier molecular flexibility index (Phi) is 5.63.